The van der Waals surface area contributed by atoms with Gasteiger partial charge in [-0.15, -0.1) is 0 Å². The van der Waals surface area contributed by atoms with Crippen molar-refractivity contribution in [2.75, 3.05) is 24.5 Å². The number of aromatic nitrogens is 2. The third kappa shape index (κ3) is 4.29. The molecule has 3 aromatic rings. The van der Waals surface area contributed by atoms with E-state index in [1.165, 1.54) is 5.69 Å². The van der Waals surface area contributed by atoms with Crippen molar-refractivity contribution in [2.24, 2.45) is 5.92 Å². The molecule has 1 aliphatic heterocycles. The van der Waals surface area contributed by atoms with Gasteiger partial charge in [-0.25, -0.2) is 4.79 Å². The van der Waals surface area contributed by atoms with Crippen molar-refractivity contribution in [3.05, 3.63) is 80.9 Å². The Morgan fingerprint density at radius 3 is 2.69 bits per heavy atom. The van der Waals surface area contributed by atoms with Crippen LogP contribution in [0.5, 0.6) is 0 Å². The molecule has 2 heterocycles. The zero-order valence-corrected chi connectivity index (χ0v) is 17.8. The SMILES string of the molecule is Cc1c[nH]c(=O)n1-c1ccc(C(=O)NCC2CCN(c3cccc(Br)c3)C2)cc1. The molecule has 2 N–H and O–H groups in total. The largest absolute Gasteiger partial charge is 0.371 e. The van der Waals surface area contributed by atoms with E-state index in [0.29, 0.717) is 18.0 Å². The van der Waals surface area contributed by atoms with Gasteiger partial charge in [-0.2, -0.15) is 0 Å². The number of nitrogens with one attached hydrogen (secondary N) is 2. The van der Waals surface area contributed by atoms with Gasteiger partial charge in [0.15, 0.2) is 0 Å². The minimum Gasteiger partial charge on any atom is -0.371 e. The van der Waals surface area contributed by atoms with Gasteiger partial charge in [0.2, 0.25) is 0 Å². The lowest BCUT2D eigenvalue weighted by molar-refractivity contribution is 0.0948. The fourth-order valence-corrected chi connectivity index (χ4v) is 4.17. The van der Waals surface area contributed by atoms with Crippen LogP contribution in [0.25, 0.3) is 5.69 Å². The lowest BCUT2D eigenvalue weighted by atomic mass is 10.1. The van der Waals surface area contributed by atoms with E-state index in [4.69, 9.17) is 0 Å². The highest BCUT2D eigenvalue weighted by molar-refractivity contribution is 9.10. The van der Waals surface area contributed by atoms with Crippen molar-refractivity contribution in [2.45, 2.75) is 13.3 Å². The van der Waals surface area contributed by atoms with Crippen molar-refractivity contribution in [1.82, 2.24) is 14.9 Å². The highest BCUT2D eigenvalue weighted by Crippen LogP contribution is 2.26. The molecule has 1 aliphatic rings. The number of carbonyl (C=O) groups excluding carboxylic acids is 1. The Kier molecular flexibility index (Phi) is 5.58. The Morgan fingerprint density at radius 2 is 2.00 bits per heavy atom. The zero-order chi connectivity index (χ0) is 20.4. The van der Waals surface area contributed by atoms with Crippen LogP contribution in [0.15, 0.2) is 64.0 Å². The van der Waals surface area contributed by atoms with Gasteiger partial charge < -0.3 is 15.2 Å². The molecule has 1 atom stereocenters. The van der Waals surface area contributed by atoms with Gasteiger partial charge in [0.1, 0.15) is 0 Å². The van der Waals surface area contributed by atoms with Gasteiger partial charge in [-0.1, -0.05) is 22.0 Å². The third-order valence-electron chi connectivity index (χ3n) is 5.36. The number of amides is 1. The van der Waals surface area contributed by atoms with Gasteiger partial charge in [-0.05, 0) is 61.7 Å². The van der Waals surface area contributed by atoms with Gasteiger partial charge in [0, 0.05) is 47.2 Å². The number of anilines is 1. The van der Waals surface area contributed by atoms with Crippen molar-refractivity contribution in [3.63, 3.8) is 0 Å². The molecule has 1 amide bonds. The van der Waals surface area contributed by atoms with Gasteiger partial charge in [0.25, 0.3) is 5.91 Å². The van der Waals surface area contributed by atoms with Crippen LogP contribution in [-0.4, -0.2) is 35.1 Å². The first kappa shape index (κ1) is 19.5. The van der Waals surface area contributed by atoms with Crippen LogP contribution in [0, 0.1) is 12.8 Å². The molecule has 0 spiro atoms. The predicted octanol–water partition coefficient (Wildman–Crippen LogP) is 3.49. The first-order chi connectivity index (χ1) is 14.0. The summed E-state index contributed by atoms with van der Waals surface area (Å²) in [6, 6.07) is 15.4. The summed E-state index contributed by atoms with van der Waals surface area (Å²) in [5, 5.41) is 3.05. The van der Waals surface area contributed by atoms with Crippen LogP contribution in [0.3, 0.4) is 0 Å². The van der Waals surface area contributed by atoms with E-state index in [9.17, 15) is 9.59 Å². The first-order valence-corrected chi connectivity index (χ1v) is 10.5. The van der Waals surface area contributed by atoms with Gasteiger partial charge in [0.05, 0.1) is 5.69 Å². The van der Waals surface area contributed by atoms with Crippen molar-refractivity contribution >= 4 is 27.5 Å². The Labute approximate surface area is 177 Å². The van der Waals surface area contributed by atoms with E-state index in [1.807, 2.05) is 19.1 Å². The van der Waals surface area contributed by atoms with Crippen LogP contribution in [0.2, 0.25) is 0 Å². The molecule has 29 heavy (non-hydrogen) atoms. The van der Waals surface area contributed by atoms with Crippen molar-refractivity contribution in [3.8, 4) is 5.69 Å². The second-order valence-corrected chi connectivity index (χ2v) is 8.32. The Morgan fingerprint density at radius 1 is 1.21 bits per heavy atom. The van der Waals surface area contributed by atoms with E-state index in [1.54, 1.807) is 35.0 Å². The molecule has 1 unspecified atom stereocenters. The zero-order valence-electron chi connectivity index (χ0n) is 16.2. The van der Waals surface area contributed by atoms with Crippen LogP contribution in [0.4, 0.5) is 5.69 Å². The van der Waals surface area contributed by atoms with Crippen molar-refractivity contribution in [1.29, 1.82) is 0 Å². The summed E-state index contributed by atoms with van der Waals surface area (Å²) in [6.07, 6.45) is 2.73. The van der Waals surface area contributed by atoms with Crippen LogP contribution in [0.1, 0.15) is 22.5 Å². The minimum absolute atomic E-state index is 0.0874. The molecular weight excluding hydrogens is 432 g/mol. The smallest absolute Gasteiger partial charge is 0.330 e. The highest BCUT2D eigenvalue weighted by Gasteiger charge is 2.23. The molecule has 1 saturated heterocycles. The number of hydrogen-bond donors (Lipinski definition) is 2. The Hall–Kier alpha value is -2.80. The predicted molar refractivity (Wildman–Crippen MR) is 118 cm³/mol. The number of nitrogens with zero attached hydrogens (tertiary/aromatic N) is 2. The molecule has 4 rings (SSSR count). The molecule has 7 heteroatoms. The Balaban J connectivity index is 1.34. The minimum atomic E-state index is -0.184. The molecule has 0 saturated carbocycles. The van der Waals surface area contributed by atoms with Gasteiger partial charge in [-0.3, -0.25) is 9.36 Å². The molecular formula is C22H23BrN4O2. The summed E-state index contributed by atoms with van der Waals surface area (Å²) in [5.74, 6) is 0.342. The summed E-state index contributed by atoms with van der Waals surface area (Å²) < 4.78 is 2.66. The average molecular weight is 455 g/mol. The number of rotatable bonds is 5. The first-order valence-electron chi connectivity index (χ1n) is 9.67. The third-order valence-corrected chi connectivity index (χ3v) is 5.85. The van der Waals surface area contributed by atoms with Crippen LogP contribution >= 0.6 is 15.9 Å². The molecule has 150 valence electrons. The number of benzene rings is 2. The van der Waals surface area contributed by atoms with E-state index in [0.717, 1.165) is 35.4 Å². The van der Waals surface area contributed by atoms with Crippen LogP contribution < -0.4 is 15.9 Å². The second kappa shape index (κ2) is 8.29. The number of hydrogen-bond acceptors (Lipinski definition) is 3. The second-order valence-electron chi connectivity index (χ2n) is 7.41. The molecule has 1 aromatic heterocycles. The Bertz CT molecular complexity index is 1070. The van der Waals surface area contributed by atoms with E-state index >= 15 is 0 Å². The van der Waals surface area contributed by atoms with E-state index < -0.39 is 0 Å². The molecule has 1 fully saturated rings. The van der Waals surface area contributed by atoms with E-state index in [-0.39, 0.29) is 11.6 Å². The summed E-state index contributed by atoms with van der Waals surface area (Å²) in [6.45, 7) is 4.45. The van der Waals surface area contributed by atoms with E-state index in [2.05, 4.69) is 43.3 Å². The maximum absolute atomic E-state index is 12.5. The number of carbonyl (C=O) groups is 1. The molecule has 6 nitrogen and oxygen atoms in total. The number of aryl methyl sites for hydroxylation is 1. The number of H-pyrrole nitrogens is 1. The standard InChI is InChI=1S/C22H23BrN4O2/c1-15-12-25-22(29)27(15)19-7-5-17(6-8-19)21(28)24-13-16-9-10-26(14-16)20-4-2-3-18(23)11-20/h2-8,11-12,16H,9-10,13-14H2,1H3,(H,24,28)(H,25,29). The van der Waals surface area contributed by atoms with Crippen molar-refractivity contribution < 1.29 is 4.79 Å². The lowest BCUT2D eigenvalue weighted by Crippen LogP contribution is -2.31. The number of halogens is 1. The maximum atomic E-state index is 12.5. The topological polar surface area (TPSA) is 70.1 Å². The maximum Gasteiger partial charge on any atom is 0.330 e. The summed E-state index contributed by atoms with van der Waals surface area (Å²) in [4.78, 5) is 29.4. The quantitative estimate of drug-likeness (QED) is 0.619. The molecule has 0 radical (unpaired) electrons. The summed E-state index contributed by atoms with van der Waals surface area (Å²) in [5.41, 5.74) is 3.18. The molecule has 0 bridgehead atoms. The number of imidazole rings is 1. The monoisotopic (exact) mass is 454 g/mol. The highest BCUT2D eigenvalue weighted by atomic mass is 79.9. The molecule has 2 aromatic carbocycles. The fourth-order valence-electron chi connectivity index (χ4n) is 3.78. The average Bonchev–Trinajstić information content (AvgIpc) is 3.33. The normalized spacial score (nSPS) is 16.2. The molecule has 0 aliphatic carbocycles. The fraction of sp³-hybridized carbons (Fsp3) is 0.273. The van der Waals surface area contributed by atoms with Gasteiger partial charge >= 0.3 is 5.69 Å². The number of aromatic amines is 1. The lowest BCUT2D eigenvalue weighted by Gasteiger charge is -2.19. The van der Waals surface area contributed by atoms with Crippen LogP contribution in [-0.2, 0) is 0 Å². The summed E-state index contributed by atoms with van der Waals surface area (Å²) in [7, 11) is 0. The summed E-state index contributed by atoms with van der Waals surface area (Å²) >= 11 is 3.52.